The number of fused-ring (bicyclic) bond motifs is 1. The van der Waals surface area contributed by atoms with Gasteiger partial charge in [0.15, 0.2) is 0 Å². The molecule has 1 atom stereocenters. The molecule has 1 aromatic heterocycles. The number of sulfonamides is 1. The average molecular weight is 306 g/mol. The Bertz CT molecular complexity index is 752. The Kier molecular flexibility index (Phi) is 3.51. The lowest BCUT2D eigenvalue weighted by Gasteiger charge is -2.22. The predicted molar refractivity (Wildman–Crippen MR) is 80.7 cm³/mol. The van der Waals surface area contributed by atoms with Gasteiger partial charge in [-0.15, -0.1) is 0 Å². The van der Waals surface area contributed by atoms with Gasteiger partial charge >= 0.3 is 0 Å². The van der Waals surface area contributed by atoms with Gasteiger partial charge in [0.25, 0.3) is 10.0 Å². The molecule has 2 aromatic rings. The van der Waals surface area contributed by atoms with Gasteiger partial charge in [0.2, 0.25) is 5.09 Å². The third-order valence-corrected chi connectivity index (χ3v) is 5.45. The molecule has 1 unspecified atom stereocenters. The predicted octanol–water partition coefficient (Wildman–Crippen LogP) is 2.14. The molecule has 1 aliphatic rings. The molecule has 1 N–H and O–H groups in total. The molecule has 0 aliphatic carbocycles. The summed E-state index contributed by atoms with van der Waals surface area (Å²) < 4.78 is 32.6. The normalized spacial score (nSPS) is 18.0. The molecule has 21 heavy (non-hydrogen) atoms. The van der Waals surface area contributed by atoms with Crippen LogP contribution < -0.4 is 9.62 Å². The minimum absolute atomic E-state index is 0.00342. The number of hydrogen-bond donors (Lipinski definition) is 1. The number of hydrogen-bond acceptors (Lipinski definition) is 4. The molecule has 5 nitrogen and oxygen atoms in total. The highest BCUT2D eigenvalue weighted by atomic mass is 32.2. The molecule has 112 valence electrons. The van der Waals surface area contributed by atoms with Gasteiger partial charge in [-0.1, -0.05) is 18.2 Å². The molecule has 0 amide bonds. The van der Waals surface area contributed by atoms with Crippen molar-refractivity contribution in [1.29, 1.82) is 0 Å². The van der Waals surface area contributed by atoms with Crippen LogP contribution in [0.3, 0.4) is 0 Å². The van der Waals surface area contributed by atoms with Gasteiger partial charge in [-0.3, -0.25) is 4.31 Å². The molecule has 6 heteroatoms. The number of furan rings is 1. The first kappa shape index (κ1) is 14.2. The molecule has 1 aromatic carbocycles. The zero-order valence-corrected chi connectivity index (χ0v) is 12.9. The third kappa shape index (κ3) is 2.34. The Labute approximate surface area is 124 Å². The molecule has 0 radical (unpaired) electrons. The van der Waals surface area contributed by atoms with E-state index in [1.807, 2.05) is 31.2 Å². The second-order valence-electron chi connectivity index (χ2n) is 5.23. The molecular weight excluding hydrogens is 288 g/mol. The second-order valence-corrected chi connectivity index (χ2v) is 6.98. The van der Waals surface area contributed by atoms with E-state index in [0.29, 0.717) is 12.3 Å². The van der Waals surface area contributed by atoms with Crippen LogP contribution in [0.4, 0.5) is 5.69 Å². The Morgan fingerprint density at radius 3 is 2.81 bits per heavy atom. The summed E-state index contributed by atoms with van der Waals surface area (Å²) in [6.45, 7) is 2.41. The van der Waals surface area contributed by atoms with Crippen molar-refractivity contribution in [3.8, 4) is 0 Å². The van der Waals surface area contributed by atoms with Crippen LogP contribution >= 0.6 is 0 Å². The number of anilines is 1. The molecule has 0 bridgehead atoms. The van der Waals surface area contributed by atoms with Crippen molar-refractivity contribution in [2.75, 3.05) is 11.4 Å². The summed E-state index contributed by atoms with van der Waals surface area (Å²) in [6, 6.07) is 10.7. The highest BCUT2D eigenvalue weighted by Crippen LogP contribution is 2.36. The van der Waals surface area contributed by atoms with Gasteiger partial charge in [0.05, 0.1) is 12.2 Å². The second kappa shape index (κ2) is 5.20. The highest BCUT2D eigenvalue weighted by molar-refractivity contribution is 7.92. The van der Waals surface area contributed by atoms with E-state index in [2.05, 4.69) is 5.32 Å². The monoisotopic (exact) mass is 306 g/mol. The molecule has 2 heterocycles. The summed E-state index contributed by atoms with van der Waals surface area (Å²) in [7, 11) is -1.87. The van der Waals surface area contributed by atoms with Crippen molar-refractivity contribution >= 4 is 15.7 Å². The maximum absolute atomic E-state index is 12.8. The first-order valence-electron chi connectivity index (χ1n) is 6.89. The van der Waals surface area contributed by atoms with Crippen LogP contribution in [0.5, 0.6) is 0 Å². The highest BCUT2D eigenvalue weighted by Gasteiger charge is 2.37. The summed E-state index contributed by atoms with van der Waals surface area (Å²) >= 11 is 0. The van der Waals surface area contributed by atoms with Crippen LogP contribution in [-0.4, -0.2) is 21.5 Å². The van der Waals surface area contributed by atoms with Crippen molar-refractivity contribution in [3.05, 3.63) is 47.7 Å². The van der Waals surface area contributed by atoms with E-state index in [1.54, 1.807) is 13.1 Å². The number of nitrogens with one attached hydrogen (secondary N) is 1. The Hall–Kier alpha value is -1.79. The van der Waals surface area contributed by atoms with Crippen LogP contribution in [0.2, 0.25) is 0 Å². The number of para-hydroxylation sites is 1. The minimum atomic E-state index is -3.66. The Morgan fingerprint density at radius 1 is 1.29 bits per heavy atom. The fourth-order valence-corrected chi connectivity index (χ4v) is 4.40. The number of nitrogens with zero attached hydrogens (tertiary/aromatic N) is 1. The molecular formula is C15H18N2O3S. The average Bonchev–Trinajstić information content (AvgIpc) is 3.02. The summed E-state index contributed by atoms with van der Waals surface area (Å²) in [5.74, 6) is 0.608. The van der Waals surface area contributed by atoms with E-state index < -0.39 is 10.0 Å². The van der Waals surface area contributed by atoms with E-state index >= 15 is 0 Å². The fraction of sp³-hybridized carbons (Fsp3) is 0.333. The van der Waals surface area contributed by atoms with Crippen molar-refractivity contribution in [2.24, 2.45) is 0 Å². The van der Waals surface area contributed by atoms with Gasteiger partial charge in [-0.2, -0.15) is 8.42 Å². The summed E-state index contributed by atoms with van der Waals surface area (Å²) in [5.41, 5.74) is 1.80. The van der Waals surface area contributed by atoms with Gasteiger partial charge in [0, 0.05) is 6.04 Å². The van der Waals surface area contributed by atoms with Crippen LogP contribution in [0.15, 0.2) is 45.9 Å². The topological polar surface area (TPSA) is 62.6 Å². The molecule has 0 saturated carbocycles. The lowest BCUT2D eigenvalue weighted by molar-refractivity contribution is 0.406. The summed E-state index contributed by atoms with van der Waals surface area (Å²) in [5, 5.41) is 2.94. The lowest BCUT2D eigenvalue weighted by atomic mass is 10.1. The fourth-order valence-electron chi connectivity index (χ4n) is 2.77. The number of benzene rings is 1. The lowest BCUT2D eigenvalue weighted by Crippen LogP contribution is -2.35. The van der Waals surface area contributed by atoms with Gasteiger partial charge in [0.1, 0.15) is 5.76 Å². The SMILES string of the molecule is CNCc1ccc(S(=O)(=O)N2c3ccccc3CC2C)o1. The third-order valence-electron chi connectivity index (χ3n) is 3.65. The van der Waals surface area contributed by atoms with Gasteiger partial charge in [-0.05, 0) is 44.2 Å². The van der Waals surface area contributed by atoms with E-state index in [4.69, 9.17) is 4.42 Å². The van der Waals surface area contributed by atoms with Crippen molar-refractivity contribution in [3.63, 3.8) is 0 Å². The smallest absolute Gasteiger partial charge is 0.298 e. The zero-order valence-electron chi connectivity index (χ0n) is 12.0. The molecule has 3 rings (SSSR count). The summed E-state index contributed by atoms with van der Waals surface area (Å²) in [6.07, 6.45) is 0.722. The van der Waals surface area contributed by atoms with Crippen molar-refractivity contribution in [2.45, 2.75) is 31.0 Å². The van der Waals surface area contributed by atoms with Crippen LogP contribution in [-0.2, 0) is 23.0 Å². The molecule has 0 fully saturated rings. The van der Waals surface area contributed by atoms with E-state index in [1.165, 1.54) is 10.4 Å². The van der Waals surface area contributed by atoms with Crippen molar-refractivity contribution < 1.29 is 12.8 Å². The van der Waals surface area contributed by atoms with Crippen LogP contribution in [0, 0.1) is 0 Å². The van der Waals surface area contributed by atoms with E-state index in [0.717, 1.165) is 17.7 Å². The van der Waals surface area contributed by atoms with Crippen molar-refractivity contribution in [1.82, 2.24) is 5.32 Å². The zero-order chi connectivity index (χ0) is 15.0. The largest absolute Gasteiger partial charge is 0.446 e. The minimum Gasteiger partial charge on any atom is -0.446 e. The first-order valence-corrected chi connectivity index (χ1v) is 8.33. The van der Waals surface area contributed by atoms with E-state index in [9.17, 15) is 8.42 Å². The number of rotatable bonds is 4. The first-order chi connectivity index (χ1) is 10.0. The summed E-state index contributed by atoms with van der Waals surface area (Å²) in [4.78, 5) is 0. The Balaban J connectivity index is 2.01. The standard InChI is InChI=1S/C15H18N2O3S/c1-11-9-12-5-3-4-6-14(12)17(11)21(18,19)15-8-7-13(20-15)10-16-2/h3-8,11,16H,9-10H2,1-2H3. The van der Waals surface area contributed by atoms with Gasteiger partial charge in [-0.25, -0.2) is 0 Å². The van der Waals surface area contributed by atoms with Crippen LogP contribution in [0.25, 0.3) is 0 Å². The maximum atomic E-state index is 12.8. The van der Waals surface area contributed by atoms with E-state index in [-0.39, 0.29) is 11.1 Å². The molecule has 1 aliphatic heterocycles. The Morgan fingerprint density at radius 2 is 2.05 bits per heavy atom. The molecule has 0 spiro atoms. The maximum Gasteiger partial charge on any atom is 0.298 e. The molecule has 0 saturated heterocycles. The van der Waals surface area contributed by atoms with Gasteiger partial charge < -0.3 is 9.73 Å². The van der Waals surface area contributed by atoms with Crippen LogP contribution in [0.1, 0.15) is 18.2 Å². The quantitative estimate of drug-likeness (QED) is 0.940.